The molecule has 0 saturated heterocycles. The van der Waals surface area contributed by atoms with Crippen molar-refractivity contribution in [2.24, 2.45) is 7.05 Å². The number of aromatic nitrogens is 3. The number of hydrogen-bond acceptors (Lipinski definition) is 4. The van der Waals surface area contributed by atoms with E-state index in [0.717, 1.165) is 5.56 Å². The van der Waals surface area contributed by atoms with Crippen LogP contribution >= 0.6 is 0 Å². The Balaban J connectivity index is 2.51. The molecule has 0 unspecified atom stereocenters. The number of aldehydes is 1. The van der Waals surface area contributed by atoms with Gasteiger partial charge < -0.3 is 4.52 Å². The SMILES string of the molecule is Cn1cc(-c2oncc2C=O)cn1. The Morgan fingerprint density at radius 1 is 1.54 bits per heavy atom. The molecule has 2 rings (SSSR count). The molecule has 2 aromatic rings. The molecule has 5 nitrogen and oxygen atoms in total. The molecule has 66 valence electrons. The second kappa shape index (κ2) is 2.85. The Kier molecular flexibility index (Phi) is 1.70. The van der Waals surface area contributed by atoms with Crippen molar-refractivity contribution in [3.05, 3.63) is 24.2 Å². The third-order valence-electron chi connectivity index (χ3n) is 1.69. The predicted octanol–water partition coefficient (Wildman–Crippen LogP) is 0.888. The Hall–Kier alpha value is -1.91. The van der Waals surface area contributed by atoms with Crippen molar-refractivity contribution in [1.29, 1.82) is 0 Å². The molecule has 0 bridgehead atoms. The van der Waals surface area contributed by atoms with Gasteiger partial charge in [0.1, 0.15) is 0 Å². The number of hydrogen-bond donors (Lipinski definition) is 0. The summed E-state index contributed by atoms with van der Waals surface area (Å²) in [5.41, 5.74) is 1.19. The van der Waals surface area contributed by atoms with Gasteiger partial charge in [-0.05, 0) is 0 Å². The van der Waals surface area contributed by atoms with Gasteiger partial charge in [0.15, 0.2) is 12.0 Å². The summed E-state index contributed by atoms with van der Waals surface area (Å²) in [6.45, 7) is 0. The minimum absolute atomic E-state index is 0.438. The molecule has 0 aromatic carbocycles. The molecule has 5 heteroatoms. The fourth-order valence-corrected chi connectivity index (χ4v) is 1.09. The zero-order valence-corrected chi connectivity index (χ0v) is 6.97. The number of rotatable bonds is 2. The van der Waals surface area contributed by atoms with E-state index in [1.165, 1.54) is 6.20 Å². The van der Waals surface area contributed by atoms with E-state index in [2.05, 4.69) is 10.3 Å². The van der Waals surface area contributed by atoms with Crippen LogP contribution in [0.1, 0.15) is 10.4 Å². The van der Waals surface area contributed by atoms with Crippen LogP contribution in [0.2, 0.25) is 0 Å². The Bertz CT molecular complexity index is 430. The number of nitrogens with zero attached hydrogens (tertiary/aromatic N) is 3. The summed E-state index contributed by atoms with van der Waals surface area (Å²) in [5.74, 6) is 0.461. The highest BCUT2D eigenvalue weighted by atomic mass is 16.5. The fraction of sp³-hybridized carbons (Fsp3) is 0.125. The third-order valence-corrected chi connectivity index (χ3v) is 1.69. The molecule has 2 heterocycles. The zero-order chi connectivity index (χ0) is 9.26. The van der Waals surface area contributed by atoms with Crippen LogP contribution < -0.4 is 0 Å². The van der Waals surface area contributed by atoms with Crippen LogP contribution in [-0.4, -0.2) is 21.2 Å². The topological polar surface area (TPSA) is 60.9 Å². The van der Waals surface area contributed by atoms with Crippen molar-refractivity contribution >= 4 is 6.29 Å². The minimum Gasteiger partial charge on any atom is -0.355 e. The highest BCUT2D eigenvalue weighted by Gasteiger charge is 2.10. The summed E-state index contributed by atoms with van der Waals surface area (Å²) in [4.78, 5) is 10.5. The first-order valence-corrected chi connectivity index (χ1v) is 3.70. The molecule has 13 heavy (non-hydrogen) atoms. The smallest absolute Gasteiger partial charge is 0.180 e. The molecule has 0 aliphatic carbocycles. The predicted molar refractivity (Wildman–Crippen MR) is 44.1 cm³/mol. The Morgan fingerprint density at radius 2 is 2.38 bits per heavy atom. The Labute approximate surface area is 74.0 Å². The van der Waals surface area contributed by atoms with Crippen molar-refractivity contribution in [2.75, 3.05) is 0 Å². The van der Waals surface area contributed by atoms with Crippen molar-refractivity contribution in [1.82, 2.24) is 14.9 Å². The van der Waals surface area contributed by atoms with Gasteiger partial charge in [-0.3, -0.25) is 9.48 Å². The van der Waals surface area contributed by atoms with Crippen molar-refractivity contribution < 1.29 is 9.32 Å². The number of aryl methyl sites for hydroxylation is 1. The van der Waals surface area contributed by atoms with Gasteiger partial charge in [-0.2, -0.15) is 5.10 Å². The van der Waals surface area contributed by atoms with E-state index in [-0.39, 0.29) is 0 Å². The maximum Gasteiger partial charge on any atom is 0.180 e. The quantitative estimate of drug-likeness (QED) is 0.639. The standard InChI is InChI=1S/C8H7N3O2/c1-11-4-6(2-9-11)8-7(5-12)3-10-13-8/h2-5H,1H3. The lowest BCUT2D eigenvalue weighted by molar-refractivity contribution is 0.112. The van der Waals surface area contributed by atoms with Gasteiger partial charge in [-0.15, -0.1) is 0 Å². The molecule has 0 N–H and O–H groups in total. The Morgan fingerprint density at radius 3 is 3.00 bits per heavy atom. The maximum absolute atomic E-state index is 10.5. The number of carbonyl (C=O) groups excluding carboxylic acids is 1. The van der Waals surface area contributed by atoms with Crippen molar-refractivity contribution in [3.63, 3.8) is 0 Å². The molecule has 0 spiro atoms. The average Bonchev–Trinajstić information content (AvgIpc) is 2.71. The summed E-state index contributed by atoms with van der Waals surface area (Å²) >= 11 is 0. The molecular formula is C8H7N3O2. The summed E-state index contributed by atoms with van der Waals surface area (Å²) in [6, 6.07) is 0. The van der Waals surface area contributed by atoms with Crippen LogP contribution in [0.4, 0.5) is 0 Å². The van der Waals surface area contributed by atoms with Gasteiger partial charge in [0, 0.05) is 13.2 Å². The molecule has 0 amide bonds. The highest BCUT2D eigenvalue weighted by Crippen LogP contribution is 2.20. The molecule has 2 aromatic heterocycles. The summed E-state index contributed by atoms with van der Waals surface area (Å²) in [7, 11) is 1.79. The second-order valence-corrected chi connectivity index (χ2v) is 2.63. The summed E-state index contributed by atoms with van der Waals surface area (Å²) in [6.07, 6.45) is 5.47. The van der Waals surface area contributed by atoms with E-state index < -0.39 is 0 Å². The molecule has 0 aliphatic heterocycles. The molecule has 0 fully saturated rings. The van der Waals surface area contributed by atoms with E-state index in [4.69, 9.17) is 4.52 Å². The van der Waals surface area contributed by atoms with Crippen molar-refractivity contribution in [3.8, 4) is 11.3 Å². The monoisotopic (exact) mass is 177 g/mol. The minimum atomic E-state index is 0.438. The molecule has 0 radical (unpaired) electrons. The number of carbonyl (C=O) groups is 1. The van der Waals surface area contributed by atoms with Gasteiger partial charge in [0.05, 0.1) is 23.5 Å². The van der Waals surface area contributed by atoms with Gasteiger partial charge in [-0.1, -0.05) is 5.16 Å². The first kappa shape index (κ1) is 7.72. The second-order valence-electron chi connectivity index (χ2n) is 2.63. The maximum atomic E-state index is 10.5. The van der Waals surface area contributed by atoms with Crippen LogP contribution in [-0.2, 0) is 7.05 Å². The van der Waals surface area contributed by atoms with Crippen LogP contribution in [0.15, 0.2) is 23.1 Å². The van der Waals surface area contributed by atoms with E-state index in [1.807, 2.05) is 0 Å². The summed E-state index contributed by atoms with van der Waals surface area (Å²) < 4.78 is 6.55. The van der Waals surface area contributed by atoms with Gasteiger partial charge in [0.25, 0.3) is 0 Å². The lowest BCUT2D eigenvalue weighted by Gasteiger charge is -1.87. The third kappa shape index (κ3) is 1.24. The highest BCUT2D eigenvalue weighted by molar-refractivity contribution is 5.83. The van der Waals surface area contributed by atoms with E-state index in [0.29, 0.717) is 17.6 Å². The van der Waals surface area contributed by atoms with Crippen LogP contribution in [0.3, 0.4) is 0 Å². The van der Waals surface area contributed by atoms with E-state index in [1.54, 1.807) is 24.1 Å². The lowest BCUT2D eigenvalue weighted by Crippen LogP contribution is -1.84. The fourth-order valence-electron chi connectivity index (χ4n) is 1.09. The first-order chi connectivity index (χ1) is 6.31. The van der Waals surface area contributed by atoms with Gasteiger partial charge in [-0.25, -0.2) is 0 Å². The molecule has 0 saturated carbocycles. The molecule has 0 atom stereocenters. The zero-order valence-electron chi connectivity index (χ0n) is 6.97. The van der Waals surface area contributed by atoms with Gasteiger partial charge in [0.2, 0.25) is 0 Å². The van der Waals surface area contributed by atoms with Crippen LogP contribution in [0.5, 0.6) is 0 Å². The first-order valence-electron chi connectivity index (χ1n) is 3.70. The largest absolute Gasteiger partial charge is 0.355 e. The van der Waals surface area contributed by atoms with Gasteiger partial charge >= 0.3 is 0 Å². The van der Waals surface area contributed by atoms with E-state index >= 15 is 0 Å². The average molecular weight is 177 g/mol. The van der Waals surface area contributed by atoms with Crippen LogP contribution in [0.25, 0.3) is 11.3 Å². The molecular weight excluding hydrogens is 170 g/mol. The van der Waals surface area contributed by atoms with E-state index in [9.17, 15) is 4.79 Å². The summed E-state index contributed by atoms with van der Waals surface area (Å²) in [5, 5.41) is 7.50. The normalized spacial score (nSPS) is 10.2. The van der Waals surface area contributed by atoms with Crippen LogP contribution in [0, 0.1) is 0 Å². The molecule has 0 aliphatic rings. The lowest BCUT2D eigenvalue weighted by atomic mass is 10.2. The van der Waals surface area contributed by atoms with Crippen molar-refractivity contribution in [2.45, 2.75) is 0 Å².